The second kappa shape index (κ2) is 4.32. The van der Waals surface area contributed by atoms with Crippen molar-refractivity contribution in [2.45, 2.75) is 19.6 Å². The molecule has 0 saturated heterocycles. The molecule has 5 nitrogen and oxygen atoms in total. The van der Waals surface area contributed by atoms with Crippen molar-refractivity contribution >= 4 is 16.9 Å². The summed E-state index contributed by atoms with van der Waals surface area (Å²) in [6, 6.07) is 3.72. The Morgan fingerprint density at radius 3 is 3.06 bits per heavy atom. The number of aliphatic hydroxyl groups excluding tert-OH is 1. The summed E-state index contributed by atoms with van der Waals surface area (Å²) >= 11 is 0. The van der Waals surface area contributed by atoms with Crippen molar-refractivity contribution in [3.05, 3.63) is 30.1 Å². The number of pyridine rings is 1. The number of primary amides is 1. The molecule has 1 amide bonds. The number of carbonyl (C=O) groups is 1. The van der Waals surface area contributed by atoms with Crippen LogP contribution >= 0.6 is 0 Å². The van der Waals surface area contributed by atoms with E-state index in [0.29, 0.717) is 6.54 Å². The summed E-state index contributed by atoms with van der Waals surface area (Å²) in [5, 5.41) is 10.1. The molecule has 84 valence electrons. The minimum atomic E-state index is -0.344. The van der Waals surface area contributed by atoms with E-state index in [4.69, 9.17) is 5.73 Å². The van der Waals surface area contributed by atoms with Crippen molar-refractivity contribution in [3.8, 4) is 0 Å². The Kier molecular flexibility index (Phi) is 2.87. The number of aryl methyl sites for hydroxylation is 1. The maximum absolute atomic E-state index is 10.7. The molecule has 0 aliphatic carbocycles. The molecule has 2 heterocycles. The Labute approximate surface area is 92.5 Å². The average molecular weight is 219 g/mol. The highest BCUT2D eigenvalue weighted by molar-refractivity contribution is 5.80. The minimum Gasteiger partial charge on any atom is -0.392 e. The van der Waals surface area contributed by atoms with E-state index in [1.807, 2.05) is 16.7 Å². The molecule has 0 spiro atoms. The number of fused-ring (bicyclic) bond motifs is 1. The molecular formula is C11H13N3O2. The monoisotopic (exact) mass is 219 g/mol. The lowest BCUT2D eigenvalue weighted by Crippen LogP contribution is -2.13. The molecule has 16 heavy (non-hydrogen) atoms. The number of nitrogens with zero attached hydrogens (tertiary/aromatic N) is 2. The first-order valence-electron chi connectivity index (χ1n) is 5.04. The van der Waals surface area contributed by atoms with Gasteiger partial charge in [-0.1, -0.05) is 0 Å². The van der Waals surface area contributed by atoms with Gasteiger partial charge in [0.25, 0.3) is 0 Å². The van der Waals surface area contributed by atoms with Crippen LogP contribution in [-0.4, -0.2) is 20.6 Å². The topological polar surface area (TPSA) is 81.1 Å². The van der Waals surface area contributed by atoms with Crippen LogP contribution in [0, 0.1) is 0 Å². The van der Waals surface area contributed by atoms with Gasteiger partial charge in [0.05, 0.1) is 6.61 Å². The van der Waals surface area contributed by atoms with Crippen molar-refractivity contribution in [1.82, 2.24) is 9.55 Å². The van der Waals surface area contributed by atoms with E-state index in [2.05, 4.69) is 4.98 Å². The first-order valence-corrected chi connectivity index (χ1v) is 5.04. The Balaban J connectivity index is 2.41. The van der Waals surface area contributed by atoms with E-state index < -0.39 is 0 Å². The number of carbonyl (C=O) groups excluding carboxylic acids is 1. The van der Waals surface area contributed by atoms with Crippen molar-refractivity contribution in [1.29, 1.82) is 0 Å². The largest absolute Gasteiger partial charge is 0.392 e. The molecule has 0 aliphatic heterocycles. The Bertz CT molecular complexity index is 519. The molecule has 0 fully saturated rings. The quantitative estimate of drug-likeness (QED) is 0.781. The Morgan fingerprint density at radius 2 is 2.38 bits per heavy atom. The second-order valence-electron chi connectivity index (χ2n) is 3.60. The molecular weight excluding hydrogens is 206 g/mol. The molecule has 0 aromatic carbocycles. The molecule has 3 N–H and O–H groups in total. The van der Waals surface area contributed by atoms with Crippen LogP contribution < -0.4 is 5.73 Å². The van der Waals surface area contributed by atoms with Gasteiger partial charge in [0.1, 0.15) is 5.65 Å². The highest BCUT2D eigenvalue weighted by Crippen LogP contribution is 2.19. The van der Waals surface area contributed by atoms with Crippen LogP contribution in [0.1, 0.15) is 12.0 Å². The zero-order chi connectivity index (χ0) is 11.5. The number of aliphatic hydroxyl groups is 1. The highest BCUT2D eigenvalue weighted by atomic mass is 16.3. The summed E-state index contributed by atoms with van der Waals surface area (Å²) in [5.41, 5.74) is 6.69. The van der Waals surface area contributed by atoms with E-state index in [0.717, 1.165) is 16.6 Å². The summed E-state index contributed by atoms with van der Waals surface area (Å²) < 4.78 is 1.84. The predicted octanol–water partition coefficient (Wildman–Crippen LogP) is 0.404. The normalized spacial score (nSPS) is 10.8. The molecule has 2 aromatic rings. The van der Waals surface area contributed by atoms with Gasteiger partial charge in [0.2, 0.25) is 5.91 Å². The standard InChI is InChI=1S/C11H13N3O2/c12-10(16)3-5-14-6-8(7-15)9-2-1-4-13-11(9)14/h1-2,4,6,15H,3,5,7H2,(H2,12,16). The lowest BCUT2D eigenvalue weighted by molar-refractivity contribution is -0.118. The van der Waals surface area contributed by atoms with Crippen molar-refractivity contribution in [2.24, 2.45) is 5.73 Å². The molecule has 0 atom stereocenters. The van der Waals surface area contributed by atoms with Crippen molar-refractivity contribution in [2.75, 3.05) is 0 Å². The van der Waals surface area contributed by atoms with E-state index in [1.165, 1.54) is 0 Å². The van der Waals surface area contributed by atoms with Crippen molar-refractivity contribution in [3.63, 3.8) is 0 Å². The van der Waals surface area contributed by atoms with Crippen LogP contribution in [-0.2, 0) is 17.9 Å². The molecule has 0 aliphatic rings. The number of amides is 1. The van der Waals surface area contributed by atoms with Crippen LogP contribution in [0.25, 0.3) is 11.0 Å². The molecule has 0 saturated carbocycles. The summed E-state index contributed by atoms with van der Waals surface area (Å²) in [4.78, 5) is 15.0. The molecule has 2 aromatic heterocycles. The van der Waals surface area contributed by atoms with E-state index in [9.17, 15) is 9.90 Å². The number of hydrogen-bond donors (Lipinski definition) is 2. The second-order valence-corrected chi connectivity index (χ2v) is 3.60. The highest BCUT2D eigenvalue weighted by Gasteiger charge is 2.08. The lowest BCUT2D eigenvalue weighted by atomic mass is 10.2. The van der Waals surface area contributed by atoms with Crippen LogP contribution in [0.5, 0.6) is 0 Å². The van der Waals surface area contributed by atoms with Gasteiger partial charge in [-0.15, -0.1) is 0 Å². The smallest absolute Gasteiger partial charge is 0.219 e. The molecule has 5 heteroatoms. The van der Waals surface area contributed by atoms with Gasteiger partial charge in [0, 0.05) is 36.3 Å². The third kappa shape index (κ3) is 1.90. The molecule has 0 radical (unpaired) electrons. The average Bonchev–Trinajstić information content (AvgIpc) is 2.65. The van der Waals surface area contributed by atoms with Gasteiger partial charge in [-0.25, -0.2) is 4.98 Å². The molecule has 2 rings (SSSR count). The van der Waals surface area contributed by atoms with E-state index >= 15 is 0 Å². The fourth-order valence-electron chi connectivity index (χ4n) is 1.72. The van der Waals surface area contributed by atoms with Gasteiger partial charge < -0.3 is 15.4 Å². The van der Waals surface area contributed by atoms with Crippen LogP contribution in [0.15, 0.2) is 24.5 Å². The van der Waals surface area contributed by atoms with Crippen LogP contribution in [0.3, 0.4) is 0 Å². The first-order chi connectivity index (χ1) is 7.72. The van der Waals surface area contributed by atoms with Crippen molar-refractivity contribution < 1.29 is 9.90 Å². The van der Waals surface area contributed by atoms with Gasteiger partial charge in [-0.2, -0.15) is 0 Å². The van der Waals surface area contributed by atoms with Gasteiger partial charge in [-0.05, 0) is 12.1 Å². The number of rotatable bonds is 4. The zero-order valence-corrected chi connectivity index (χ0v) is 8.76. The summed E-state index contributed by atoms with van der Waals surface area (Å²) in [5.74, 6) is -0.344. The molecule has 0 unspecified atom stereocenters. The maximum atomic E-state index is 10.7. The van der Waals surface area contributed by atoms with Crippen LogP contribution in [0.4, 0.5) is 0 Å². The third-order valence-electron chi connectivity index (χ3n) is 2.49. The lowest BCUT2D eigenvalue weighted by Gasteiger charge is -2.01. The minimum absolute atomic E-state index is 0.0359. The number of aromatic nitrogens is 2. The molecule has 0 bridgehead atoms. The summed E-state index contributed by atoms with van der Waals surface area (Å²) in [6.45, 7) is 0.453. The zero-order valence-electron chi connectivity index (χ0n) is 8.76. The summed E-state index contributed by atoms with van der Waals surface area (Å²) in [6.07, 6.45) is 3.76. The fourth-order valence-corrected chi connectivity index (χ4v) is 1.72. The number of hydrogen-bond acceptors (Lipinski definition) is 3. The summed E-state index contributed by atoms with van der Waals surface area (Å²) in [7, 11) is 0. The van der Waals surface area contributed by atoms with E-state index in [-0.39, 0.29) is 18.9 Å². The van der Waals surface area contributed by atoms with Crippen LogP contribution in [0.2, 0.25) is 0 Å². The number of nitrogens with two attached hydrogens (primary N) is 1. The first kappa shape index (κ1) is 10.6. The SMILES string of the molecule is NC(=O)CCn1cc(CO)c2cccnc21. The van der Waals surface area contributed by atoms with Gasteiger partial charge >= 0.3 is 0 Å². The Morgan fingerprint density at radius 1 is 1.56 bits per heavy atom. The maximum Gasteiger partial charge on any atom is 0.219 e. The Hall–Kier alpha value is -1.88. The van der Waals surface area contributed by atoms with E-state index in [1.54, 1.807) is 12.4 Å². The van der Waals surface area contributed by atoms with Gasteiger partial charge in [0.15, 0.2) is 0 Å². The third-order valence-corrected chi connectivity index (χ3v) is 2.49. The van der Waals surface area contributed by atoms with Gasteiger partial charge in [-0.3, -0.25) is 4.79 Å². The predicted molar refractivity (Wildman–Crippen MR) is 59.5 cm³/mol. The fraction of sp³-hybridized carbons (Fsp3) is 0.273.